The summed E-state index contributed by atoms with van der Waals surface area (Å²) in [6.45, 7) is 3.08. The number of rotatable bonds is 9. The second kappa shape index (κ2) is 8.93. The van der Waals surface area contributed by atoms with Crippen LogP contribution in [0.15, 0.2) is 0 Å². The summed E-state index contributed by atoms with van der Waals surface area (Å²) in [5.74, 6) is -0.901. The fourth-order valence-electron chi connectivity index (χ4n) is 0.791. The molecule has 0 aromatic heterocycles. The SMILES string of the molecule is CCCOCC(O)COCCC(=O)O. The summed E-state index contributed by atoms with van der Waals surface area (Å²) in [6, 6.07) is 0. The van der Waals surface area contributed by atoms with E-state index < -0.39 is 12.1 Å². The number of carbonyl (C=O) groups is 1. The monoisotopic (exact) mass is 206 g/mol. The fourth-order valence-corrected chi connectivity index (χ4v) is 0.791. The number of ether oxygens (including phenoxy) is 2. The van der Waals surface area contributed by atoms with Gasteiger partial charge in [0.1, 0.15) is 6.10 Å². The molecule has 5 nitrogen and oxygen atoms in total. The molecule has 0 amide bonds. The van der Waals surface area contributed by atoms with Gasteiger partial charge >= 0.3 is 5.97 Å². The van der Waals surface area contributed by atoms with Crippen molar-refractivity contribution in [1.82, 2.24) is 0 Å². The van der Waals surface area contributed by atoms with E-state index in [1.807, 2.05) is 6.92 Å². The van der Waals surface area contributed by atoms with Gasteiger partial charge in [0.2, 0.25) is 0 Å². The normalized spacial score (nSPS) is 12.7. The highest BCUT2D eigenvalue weighted by Crippen LogP contribution is 1.90. The number of aliphatic hydroxyl groups excluding tert-OH is 1. The highest BCUT2D eigenvalue weighted by Gasteiger charge is 2.04. The lowest BCUT2D eigenvalue weighted by Crippen LogP contribution is -2.22. The quantitative estimate of drug-likeness (QED) is 0.529. The van der Waals surface area contributed by atoms with Gasteiger partial charge in [-0.3, -0.25) is 4.79 Å². The average Bonchev–Trinajstić information content (AvgIpc) is 2.13. The van der Waals surface area contributed by atoms with E-state index in [1.54, 1.807) is 0 Å². The van der Waals surface area contributed by atoms with Gasteiger partial charge in [-0.25, -0.2) is 0 Å². The van der Waals surface area contributed by atoms with Crippen LogP contribution in [0.2, 0.25) is 0 Å². The Kier molecular flexibility index (Phi) is 8.51. The molecule has 0 aromatic carbocycles. The van der Waals surface area contributed by atoms with Gasteiger partial charge in [-0.15, -0.1) is 0 Å². The standard InChI is InChI=1S/C9H18O5/c1-2-4-13-6-8(10)7-14-5-3-9(11)12/h8,10H,2-7H2,1H3,(H,11,12). The van der Waals surface area contributed by atoms with Crippen LogP contribution in [0.4, 0.5) is 0 Å². The topological polar surface area (TPSA) is 76.0 Å². The number of aliphatic hydroxyl groups is 1. The maximum Gasteiger partial charge on any atom is 0.305 e. The van der Waals surface area contributed by atoms with Gasteiger partial charge in [0.25, 0.3) is 0 Å². The molecule has 0 aromatic rings. The van der Waals surface area contributed by atoms with E-state index in [9.17, 15) is 9.90 Å². The van der Waals surface area contributed by atoms with Gasteiger partial charge in [0, 0.05) is 6.61 Å². The van der Waals surface area contributed by atoms with E-state index in [-0.39, 0.29) is 26.2 Å². The molecule has 0 spiro atoms. The lowest BCUT2D eigenvalue weighted by molar-refractivity contribution is -0.138. The predicted octanol–water partition coefficient (Wildman–Crippen LogP) is 0.265. The van der Waals surface area contributed by atoms with Crippen molar-refractivity contribution in [3.8, 4) is 0 Å². The van der Waals surface area contributed by atoms with Crippen LogP contribution in [-0.2, 0) is 14.3 Å². The van der Waals surface area contributed by atoms with Crippen LogP contribution in [0.25, 0.3) is 0 Å². The molecule has 0 rings (SSSR count). The van der Waals surface area contributed by atoms with Crippen LogP contribution in [0.3, 0.4) is 0 Å². The molecule has 0 saturated heterocycles. The van der Waals surface area contributed by atoms with Crippen molar-refractivity contribution in [2.45, 2.75) is 25.9 Å². The molecule has 0 bridgehead atoms. The maximum absolute atomic E-state index is 10.1. The zero-order valence-electron chi connectivity index (χ0n) is 8.44. The molecule has 0 heterocycles. The van der Waals surface area contributed by atoms with Gasteiger partial charge in [-0.05, 0) is 6.42 Å². The summed E-state index contributed by atoms with van der Waals surface area (Å²) in [5.41, 5.74) is 0. The molecule has 0 fully saturated rings. The second-order valence-electron chi connectivity index (χ2n) is 2.95. The third-order valence-electron chi connectivity index (χ3n) is 1.43. The van der Waals surface area contributed by atoms with Gasteiger partial charge in [-0.2, -0.15) is 0 Å². The fraction of sp³-hybridized carbons (Fsp3) is 0.889. The van der Waals surface area contributed by atoms with E-state index >= 15 is 0 Å². The lowest BCUT2D eigenvalue weighted by Gasteiger charge is -2.10. The summed E-state index contributed by atoms with van der Waals surface area (Å²) >= 11 is 0. The summed E-state index contributed by atoms with van der Waals surface area (Å²) in [7, 11) is 0. The van der Waals surface area contributed by atoms with E-state index in [4.69, 9.17) is 14.6 Å². The Bertz CT molecular complexity index is 148. The summed E-state index contributed by atoms with van der Waals surface area (Å²) in [4.78, 5) is 10.1. The molecule has 0 aliphatic rings. The Hall–Kier alpha value is -0.650. The molecule has 14 heavy (non-hydrogen) atoms. The molecular formula is C9H18O5. The van der Waals surface area contributed by atoms with Crippen molar-refractivity contribution < 1.29 is 24.5 Å². The summed E-state index contributed by atoms with van der Waals surface area (Å²) in [6.07, 6.45) is 0.199. The third-order valence-corrected chi connectivity index (χ3v) is 1.43. The lowest BCUT2D eigenvalue weighted by atomic mass is 10.4. The minimum atomic E-state index is -0.901. The first-order valence-corrected chi connectivity index (χ1v) is 4.72. The first-order chi connectivity index (χ1) is 6.66. The van der Waals surface area contributed by atoms with Crippen LogP contribution in [0.1, 0.15) is 19.8 Å². The molecule has 1 atom stereocenters. The first kappa shape index (κ1) is 13.4. The second-order valence-corrected chi connectivity index (χ2v) is 2.95. The van der Waals surface area contributed by atoms with Crippen LogP contribution >= 0.6 is 0 Å². The van der Waals surface area contributed by atoms with Crippen LogP contribution < -0.4 is 0 Å². The highest BCUT2D eigenvalue weighted by atomic mass is 16.5. The predicted molar refractivity (Wildman–Crippen MR) is 50.2 cm³/mol. The summed E-state index contributed by atoms with van der Waals surface area (Å²) < 4.78 is 10.0. The first-order valence-electron chi connectivity index (χ1n) is 4.72. The van der Waals surface area contributed by atoms with Crippen molar-refractivity contribution >= 4 is 5.97 Å². The van der Waals surface area contributed by atoms with E-state index in [0.29, 0.717) is 6.61 Å². The summed E-state index contributed by atoms with van der Waals surface area (Å²) in [5, 5.41) is 17.5. The molecule has 0 saturated carbocycles. The number of carboxylic acids is 1. The zero-order chi connectivity index (χ0) is 10.8. The van der Waals surface area contributed by atoms with Gasteiger partial charge in [0.15, 0.2) is 0 Å². The van der Waals surface area contributed by atoms with E-state index in [1.165, 1.54) is 0 Å². The molecular weight excluding hydrogens is 188 g/mol. The molecule has 84 valence electrons. The van der Waals surface area contributed by atoms with Crippen molar-refractivity contribution in [2.24, 2.45) is 0 Å². The Labute approximate surface area is 83.6 Å². The van der Waals surface area contributed by atoms with Gasteiger partial charge in [-0.1, -0.05) is 6.92 Å². The zero-order valence-corrected chi connectivity index (χ0v) is 8.44. The van der Waals surface area contributed by atoms with Crippen molar-refractivity contribution in [3.63, 3.8) is 0 Å². The molecule has 0 aliphatic carbocycles. The number of aliphatic carboxylic acids is 1. The number of hydrogen-bond donors (Lipinski definition) is 2. The Morgan fingerprint density at radius 1 is 1.29 bits per heavy atom. The maximum atomic E-state index is 10.1. The third kappa shape index (κ3) is 9.44. The van der Waals surface area contributed by atoms with Crippen LogP contribution in [0, 0.1) is 0 Å². The van der Waals surface area contributed by atoms with Crippen molar-refractivity contribution in [2.75, 3.05) is 26.4 Å². The number of hydrogen-bond acceptors (Lipinski definition) is 4. The minimum Gasteiger partial charge on any atom is -0.481 e. The van der Waals surface area contributed by atoms with Crippen molar-refractivity contribution in [3.05, 3.63) is 0 Å². The van der Waals surface area contributed by atoms with E-state index in [0.717, 1.165) is 6.42 Å². The largest absolute Gasteiger partial charge is 0.481 e. The molecule has 5 heteroatoms. The average molecular weight is 206 g/mol. The van der Waals surface area contributed by atoms with E-state index in [2.05, 4.69) is 0 Å². The molecule has 0 radical (unpaired) electrons. The molecule has 2 N–H and O–H groups in total. The molecule has 0 aliphatic heterocycles. The van der Waals surface area contributed by atoms with Gasteiger partial charge in [0.05, 0.1) is 26.2 Å². The Balaban J connectivity index is 3.18. The van der Waals surface area contributed by atoms with Crippen molar-refractivity contribution in [1.29, 1.82) is 0 Å². The molecule has 1 unspecified atom stereocenters. The number of carboxylic acid groups (broad SMARTS) is 1. The Morgan fingerprint density at radius 3 is 2.36 bits per heavy atom. The smallest absolute Gasteiger partial charge is 0.305 e. The van der Waals surface area contributed by atoms with Crippen LogP contribution in [0.5, 0.6) is 0 Å². The van der Waals surface area contributed by atoms with Crippen LogP contribution in [-0.4, -0.2) is 48.7 Å². The highest BCUT2D eigenvalue weighted by molar-refractivity contribution is 5.66. The minimum absolute atomic E-state index is 0.0391. The Morgan fingerprint density at radius 2 is 1.86 bits per heavy atom. The van der Waals surface area contributed by atoms with Gasteiger partial charge < -0.3 is 19.7 Å².